The molecule has 0 unspecified atom stereocenters. The summed E-state index contributed by atoms with van der Waals surface area (Å²) in [5.74, 6) is -0.289. The number of hydrogen-bond acceptors (Lipinski definition) is 4. The zero-order chi connectivity index (χ0) is 24.1. The number of hydrazone groups is 1. The van der Waals surface area contributed by atoms with Crippen molar-refractivity contribution in [3.05, 3.63) is 92.9 Å². The van der Waals surface area contributed by atoms with E-state index in [4.69, 9.17) is 39.5 Å². The number of rotatable bonds is 7. The molecule has 0 aliphatic carbocycles. The molecule has 1 saturated heterocycles. The molecule has 1 aliphatic rings. The summed E-state index contributed by atoms with van der Waals surface area (Å²) in [6, 6.07) is 19.4. The molecule has 3 aromatic carbocycles. The molecule has 1 heterocycles. The van der Waals surface area contributed by atoms with Gasteiger partial charge in [-0.1, -0.05) is 53.0 Å². The lowest BCUT2D eigenvalue weighted by Crippen LogP contribution is -2.30. The van der Waals surface area contributed by atoms with Crippen LogP contribution in [0.2, 0.25) is 15.1 Å². The molecule has 6 nitrogen and oxygen atoms in total. The summed E-state index contributed by atoms with van der Waals surface area (Å²) in [6.07, 6.45) is 1.65. The third-order valence-corrected chi connectivity index (χ3v) is 6.13. The molecule has 0 radical (unpaired) electrons. The number of anilines is 1. The van der Waals surface area contributed by atoms with Gasteiger partial charge in [-0.2, -0.15) is 5.10 Å². The molecular weight excluding hydrogens is 497 g/mol. The van der Waals surface area contributed by atoms with Crippen LogP contribution >= 0.6 is 34.8 Å². The molecule has 1 fully saturated rings. The molecule has 1 atom stereocenters. The number of ether oxygens (including phenoxy) is 1. The first-order chi connectivity index (χ1) is 16.4. The van der Waals surface area contributed by atoms with E-state index in [1.807, 2.05) is 24.3 Å². The van der Waals surface area contributed by atoms with Crippen molar-refractivity contribution in [3.63, 3.8) is 0 Å². The highest BCUT2D eigenvalue weighted by Gasteiger charge is 2.35. The predicted octanol–water partition coefficient (Wildman–Crippen LogP) is 5.73. The van der Waals surface area contributed by atoms with E-state index in [9.17, 15) is 9.59 Å². The highest BCUT2D eigenvalue weighted by molar-refractivity contribution is 6.35. The molecule has 0 aromatic heterocycles. The average molecular weight is 517 g/mol. The Morgan fingerprint density at radius 3 is 2.59 bits per heavy atom. The highest BCUT2D eigenvalue weighted by atomic mass is 35.5. The van der Waals surface area contributed by atoms with Gasteiger partial charge in [0.15, 0.2) is 0 Å². The molecule has 4 rings (SSSR count). The summed E-state index contributed by atoms with van der Waals surface area (Å²) in [5, 5.41) is 5.72. The Balaban J connectivity index is 1.31. The van der Waals surface area contributed by atoms with Crippen LogP contribution in [0.1, 0.15) is 17.5 Å². The fraction of sp³-hybridized carbons (Fsp3) is 0.160. The monoisotopic (exact) mass is 515 g/mol. The SMILES string of the molecule is O=C(N/N=C\c1cccc(OCc2ccc(Cl)cc2Cl)c1)[C@@H]1CC(=O)N(c2ccc(Cl)cc2)C1. The zero-order valence-corrected chi connectivity index (χ0v) is 20.1. The molecule has 0 saturated carbocycles. The van der Waals surface area contributed by atoms with Crippen LogP contribution in [0.15, 0.2) is 71.8 Å². The number of carbonyl (C=O) groups excluding carboxylic acids is 2. The van der Waals surface area contributed by atoms with Gasteiger partial charge >= 0.3 is 0 Å². The largest absolute Gasteiger partial charge is 0.489 e. The Morgan fingerprint density at radius 2 is 1.82 bits per heavy atom. The standard InChI is InChI=1S/C25H20Cl3N3O3/c26-19-6-8-21(9-7-19)31-14-18(11-24(31)32)25(33)30-29-13-16-2-1-3-22(10-16)34-15-17-4-5-20(27)12-23(17)28/h1-10,12-13,18H,11,14-15H2,(H,30,33)/b29-13-/t18-/m1/s1. The van der Waals surface area contributed by atoms with Gasteiger partial charge in [-0.05, 0) is 54.1 Å². The van der Waals surface area contributed by atoms with Gasteiger partial charge in [0, 0.05) is 39.3 Å². The maximum Gasteiger partial charge on any atom is 0.245 e. The van der Waals surface area contributed by atoms with Gasteiger partial charge in [-0.3, -0.25) is 9.59 Å². The zero-order valence-electron chi connectivity index (χ0n) is 17.9. The summed E-state index contributed by atoms with van der Waals surface area (Å²) in [6.45, 7) is 0.575. The molecule has 2 amide bonds. The molecule has 9 heteroatoms. The highest BCUT2D eigenvalue weighted by Crippen LogP contribution is 2.26. The Bertz CT molecular complexity index is 1230. The Hall–Kier alpha value is -3.06. The second-order valence-electron chi connectivity index (χ2n) is 7.71. The normalized spacial score (nSPS) is 15.7. The Kier molecular flexibility index (Phi) is 7.73. The van der Waals surface area contributed by atoms with Gasteiger partial charge in [0.1, 0.15) is 12.4 Å². The lowest BCUT2D eigenvalue weighted by Gasteiger charge is -2.16. The topological polar surface area (TPSA) is 71.0 Å². The number of carbonyl (C=O) groups is 2. The van der Waals surface area contributed by atoms with Crippen LogP contribution in [0.5, 0.6) is 5.75 Å². The predicted molar refractivity (Wildman–Crippen MR) is 135 cm³/mol. The van der Waals surface area contributed by atoms with E-state index in [0.29, 0.717) is 33.0 Å². The molecule has 174 valence electrons. The van der Waals surface area contributed by atoms with Crippen molar-refractivity contribution in [1.29, 1.82) is 0 Å². The van der Waals surface area contributed by atoms with Crippen LogP contribution in [0.25, 0.3) is 0 Å². The van der Waals surface area contributed by atoms with Gasteiger partial charge in [0.05, 0.1) is 12.1 Å². The van der Waals surface area contributed by atoms with Gasteiger partial charge in [0.25, 0.3) is 0 Å². The van der Waals surface area contributed by atoms with E-state index in [0.717, 1.165) is 11.1 Å². The summed E-state index contributed by atoms with van der Waals surface area (Å²) < 4.78 is 5.81. The van der Waals surface area contributed by atoms with E-state index in [2.05, 4.69) is 10.5 Å². The van der Waals surface area contributed by atoms with E-state index in [1.54, 1.807) is 47.4 Å². The number of nitrogens with zero attached hydrogens (tertiary/aromatic N) is 2. The Labute approximate surface area is 212 Å². The van der Waals surface area contributed by atoms with Crippen molar-refractivity contribution < 1.29 is 14.3 Å². The first-order valence-electron chi connectivity index (χ1n) is 10.4. The molecule has 3 aromatic rings. The average Bonchev–Trinajstić information content (AvgIpc) is 3.21. The van der Waals surface area contributed by atoms with Crippen LogP contribution in [-0.2, 0) is 16.2 Å². The van der Waals surface area contributed by atoms with Crippen LogP contribution in [0.3, 0.4) is 0 Å². The van der Waals surface area contributed by atoms with Crippen molar-refractivity contribution in [2.45, 2.75) is 13.0 Å². The van der Waals surface area contributed by atoms with E-state index >= 15 is 0 Å². The van der Waals surface area contributed by atoms with E-state index in [1.165, 1.54) is 6.21 Å². The molecule has 1 N–H and O–H groups in total. The quantitative estimate of drug-likeness (QED) is 0.322. The summed E-state index contributed by atoms with van der Waals surface area (Å²) >= 11 is 18.0. The minimum Gasteiger partial charge on any atom is -0.489 e. The van der Waals surface area contributed by atoms with Crippen LogP contribution in [0, 0.1) is 5.92 Å². The van der Waals surface area contributed by atoms with Crippen molar-refractivity contribution in [1.82, 2.24) is 5.43 Å². The van der Waals surface area contributed by atoms with Crippen molar-refractivity contribution in [2.75, 3.05) is 11.4 Å². The third-order valence-electron chi connectivity index (χ3n) is 5.29. The fourth-order valence-electron chi connectivity index (χ4n) is 3.50. The lowest BCUT2D eigenvalue weighted by atomic mass is 10.1. The number of amides is 2. The van der Waals surface area contributed by atoms with Crippen LogP contribution < -0.4 is 15.1 Å². The van der Waals surface area contributed by atoms with E-state index < -0.39 is 5.92 Å². The minimum atomic E-state index is -0.487. The number of nitrogens with one attached hydrogen (secondary N) is 1. The summed E-state index contributed by atoms with van der Waals surface area (Å²) in [7, 11) is 0. The molecular formula is C25H20Cl3N3O3. The van der Waals surface area contributed by atoms with Gasteiger partial charge < -0.3 is 9.64 Å². The smallest absolute Gasteiger partial charge is 0.245 e. The maximum absolute atomic E-state index is 12.5. The number of halogens is 3. The maximum atomic E-state index is 12.5. The lowest BCUT2D eigenvalue weighted by molar-refractivity contribution is -0.126. The van der Waals surface area contributed by atoms with Crippen LogP contribution in [-0.4, -0.2) is 24.6 Å². The molecule has 34 heavy (non-hydrogen) atoms. The minimum absolute atomic E-state index is 0.114. The van der Waals surface area contributed by atoms with Gasteiger partial charge in [0.2, 0.25) is 11.8 Å². The molecule has 1 aliphatic heterocycles. The third kappa shape index (κ3) is 6.08. The summed E-state index contributed by atoms with van der Waals surface area (Å²) in [4.78, 5) is 26.5. The van der Waals surface area contributed by atoms with Crippen LogP contribution in [0.4, 0.5) is 5.69 Å². The second kappa shape index (κ2) is 10.9. The van der Waals surface area contributed by atoms with Gasteiger partial charge in [-0.25, -0.2) is 5.43 Å². The van der Waals surface area contributed by atoms with Crippen molar-refractivity contribution in [3.8, 4) is 5.75 Å². The van der Waals surface area contributed by atoms with Crippen molar-refractivity contribution >= 4 is 58.5 Å². The molecule has 0 spiro atoms. The summed E-state index contributed by atoms with van der Waals surface area (Å²) in [5.41, 5.74) is 4.79. The number of hydrogen-bond donors (Lipinski definition) is 1. The number of benzene rings is 3. The first-order valence-corrected chi connectivity index (χ1v) is 11.6. The van der Waals surface area contributed by atoms with E-state index in [-0.39, 0.29) is 24.8 Å². The van der Waals surface area contributed by atoms with Gasteiger partial charge in [-0.15, -0.1) is 0 Å². The molecule has 0 bridgehead atoms. The Morgan fingerprint density at radius 1 is 1.06 bits per heavy atom. The first kappa shape index (κ1) is 24.1. The second-order valence-corrected chi connectivity index (χ2v) is 8.99. The van der Waals surface area contributed by atoms with Crippen molar-refractivity contribution in [2.24, 2.45) is 11.0 Å². The fourth-order valence-corrected chi connectivity index (χ4v) is 4.09.